The second kappa shape index (κ2) is 6.90. The molecule has 7 heteroatoms. The fraction of sp³-hybridized carbons (Fsp3) is 0.474. The minimum Gasteiger partial charge on any atom is -0.354 e. The van der Waals surface area contributed by atoms with Crippen LogP contribution in [0.2, 0.25) is 0 Å². The van der Waals surface area contributed by atoms with E-state index in [0.29, 0.717) is 17.8 Å². The zero-order valence-electron chi connectivity index (χ0n) is 16.3. The summed E-state index contributed by atoms with van der Waals surface area (Å²) in [6.45, 7) is 13.6. The fourth-order valence-electron chi connectivity index (χ4n) is 2.83. The standard InChI is InChI=1S/C19H27N7/c1-12(2)26-13(3)23-14-10-21-17(9-15(14)26)24-16-7-8-20-18(25-16)22-11-19(4,5)6/h7-10,12H,11H2,1-6H3,(H2,20,21,22,24,25). The fourth-order valence-corrected chi connectivity index (χ4v) is 2.83. The molecule has 0 aliphatic carbocycles. The number of imidazole rings is 1. The summed E-state index contributed by atoms with van der Waals surface area (Å²) >= 11 is 0. The van der Waals surface area contributed by atoms with Gasteiger partial charge in [0.05, 0.1) is 11.7 Å². The van der Waals surface area contributed by atoms with Crippen molar-refractivity contribution in [3.05, 3.63) is 30.4 Å². The summed E-state index contributed by atoms with van der Waals surface area (Å²) in [5, 5.41) is 6.54. The lowest BCUT2D eigenvalue weighted by Crippen LogP contribution is -2.20. The molecule has 0 amide bonds. The van der Waals surface area contributed by atoms with Crippen LogP contribution in [0.5, 0.6) is 0 Å². The molecule has 3 rings (SSSR count). The average Bonchev–Trinajstić information content (AvgIpc) is 2.88. The van der Waals surface area contributed by atoms with Crippen LogP contribution in [0.1, 0.15) is 46.5 Å². The summed E-state index contributed by atoms with van der Waals surface area (Å²) in [4.78, 5) is 17.8. The number of pyridine rings is 1. The van der Waals surface area contributed by atoms with E-state index in [4.69, 9.17) is 0 Å². The molecule has 138 valence electrons. The number of aromatic nitrogens is 5. The smallest absolute Gasteiger partial charge is 0.224 e. The predicted molar refractivity (Wildman–Crippen MR) is 106 cm³/mol. The Morgan fingerprint density at radius 1 is 1.12 bits per heavy atom. The number of anilines is 3. The molecule has 0 spiro atoms. The van der Waals surface area contributed by atoms with Crippen molar-refractivity contribution in [2.75, 3.05) is 17.2 Å². The third kappa shape index (κ3) is 4.09. The number of aryl methyl sites for hydroxylation is 1. The summed E-state index contributed by atoms with van der Waals surface area (Å²) in [6, 6.07) is 4.18. The maximum Gasteiger partial charge on any atom is 0.224 e. The summed E-state index contributed by atoms with van der Waals surface area (Å²) < 4.78 is 2.21. The molecule has 0 unspecified atom stereocenters. The van der Waals surface area contributed by atoms with E-state index in [1.807, 2.05) is 19.1 Å². The molecule has 0 atom stereocenters. The van der Waals surface area contributed by atoms with E-state index in [1.165, 1.54) is 0 Å². The SMILES string of the molecule is Cc1nc2cnc(Nc3ccnc(NCC(C)(C)C)n3)cc2n1C(C)C. The highest BCUT2D eigenvalue weighted by atomic mass is 15.2. The number of nitrogens with zero attached hydrogens (tertiary/aromatic N) is 5. The number of hydrogen-bond acceptors (Lipinski definition) is 6. The third-order valence-electron chi connectivity index (χ3n) is 3.96. The quantitative estimate of drug-likeness (QED) is 0.711. The molecule has 7 nitrogen and oxygen atoms in total. The largest absolute Gasteiger partial charge is 0.354 e. The molecule has 0 aliphatic rings. The summed E-state index contributed by atoms with van der Waals surface area (Å²) in [5.74, 6) is 3.04. The van der Waals surface area contributed by atoms with Crippen molar-refractivity contribution < 1.29 is 0 Å². The second-order valence-electron chi connectivity index (χ2n) is 7.99. The molecular formula is C19H27N7. The molecule has 2 N–H and O–H groups in total. The van der Waals surface area contributed by atoms with E-state index in [0.717, 1.165) is 29.2 Å². The highest BCUT2D eigenvalue weighted by Gasteiger charge is 2.13. The van der Waals surface area contributed by atoms with Gasteiger partial charge < -0.3 is 15.2 Å². The molecule has 0 bridgehead atoms. The molecule has 3 heterocycles. The first-order valence-electron chi connectivity index (χ1n) is 8.91. The van der Waals surface area contributed by atoms with Gasteiger partial charge in [-0.05, 0) is 32.3 Å². The van der Waals surface area contributed by atoms with Crippen LogP contribution in [-0.2, 0) is 0 Å². The highest BCUT2D eigenvalue weighted by Crippen LogP contribution is 2.23. The molecule has 0 fully saturated rings. The molecule has 0 radical (unpaired) electrons. The third-order valence-corrected chi connectivity index (χ3v) is 3.96. The number of rotatable bonds is 5. The maximum absolute atomic E-state index is 4.58. The zero-order valence-corrected chi connectivity index (χ0v) is 16.3. The molecule has 0 saturated carbocycles. The Morgan fingerprint density at radius 2 is 1.88 bits per heavy atom. The Balaban J connectivity index is 1.84. The number of hydrogen-bond donors (Lipinski definition) is 2. The first kappa shape index (κ1) is 18.1. The van der Waals surface area contributed by atoms with Crippen LogP contribution in [0.3, 0.4) is 0 Å². The first-order valence-corrected chi connectivity index (χ1v) is 8.91. The van der Waals surface area contributed by atoms with Gasteiger partial charge in [0.15, 0.2) is 0 Å². The van der Waals surface area contributed by atoms with Crippen molar-refractivity contribution in [1.82, 2.24) is 24.5 Å². The summed E-state index contributed by atoms with van der Waals surface area (Å²) in [7, 11) is 0. The molecule has 0 aliphatic heterocycles. The number of nitrogens with one attached hydrogen (secondary N) is 2. The molecule has 0 aromatic carbocycles. The zero-order chi connectivity index (χ0) is 18.9. The molecular weight excluding hydrogens is 326 g/mol. The lowest BCUT2D eigenvalue weighted by Gasteiger charge is -2.18. The normalized spacial score (nSPS) is 12.0. The van der Waals surface area contributed by atoms with Crippen LogP contribution >= 0.6 is 0 Å². The predicted octanol–water partition coefficient (Wildman–Crippen LogP) is 4.31. The van der Waals surface area contributed by atoms with Crippen LogP contribution in [0.15, 0.2) is 24.5 Å². The minimum absolute atomic E-state index is 0.159. The lowest BCUT2D eigenvalue weighted by atomic mass is 9.97. The Labute approximate surface area is 154 Å². The van der Waals surface area contributed by atoms with Gasteiger partial charge in [-0.15, -0.1) is 0 Å². The van der Waals surface area contributed by atoms with Gasteiger partial charge in [0.1, 0.15) is 23.0 Å². The van der Waals surface area contributed by atoms with E-state index < -0.39 is 0 Å². The molecule has 3 aromatic rings. The Bertz CT molecular complexity index is 906. The van der Waals surface area contributed by atoms with E-state index in [1.54, 1.807) is 12.4 Å². The number of fused-ring (bicyclic) bond motifs is 1. The average molecular weight is 353 g/mol. The Morgan fingerprint density at radius 3 is 2.58 bits per heavy atom. The lowest BCUT2D eigenvalue weighted by molar-refractivity contribution is 0.442. The summed E-state index contributed by atoms with van der Waals surface area (Å²) in [6.07, 6.45) is 3.53. The van der Waals surface area contributed by atoms with Crippen molar-refractivity contribution in [2.45, 2.75) is 47.6 Å². The van der Waals surface area contributed by atoms with E-state index in [9.17, 15) is 0 Å². The molecule has 3 aromatic heterocycles. The van der Waals surface area contributed by atoms with Crippen LogP contribution in [0.25, 0.3) is 11.0 Å². The second-order valence-corrected chi connectivity index (χ2v) is 7.99. The Hall–Kier alpha value is -2.70. The van der Waals surface area contributed by atoms with Crippen LogP contribution in [-0.4, -0.2) is 31.0 Å². The van der Waals surface area contributed by atoms with E-state index in [-0.39, 0.29) is 5.41 Å². The topological polar surface area (TPSA) is 80.6 Å². The van der Waals surface area contributed by atoms with Crippen LogP contribution < -0.4 is 10.6 Å². The van der Waals surface area contributed by atoms with Gasteiger partial charge in [-0.3, -0.25) is 0 Å². The van der Waals surface area contributed by atoms with Gasteiger partial charge in [0.2, 0.25) is 5.95 Å². The van der Waals surface area contributed by atoms with Crippen LogP contribution in [0.4, 0.5) is 17.6 Å². The van der Waals surface area contributed by atoms with E-state index >= 15 is 0 Å². The van der Waals surface area contributed by atoms with Crippen LogP contribution in [0, 0.1) is 12.3 Å². The monoisotopic (exact) mass is 353 g/mol. The van der Waals surface area contributed by atoms with Gasteiger partial charge in [0, 0.05) is 24.8 Å². The Kier molecular flexibility index (Phi) is 4.80. The van der Waals surface area contributed by atoms with Gasteiger partial charge >= 0.3 is 0 Å². The van der Waals surface area contributed by atoms with Gasteiger partial charge in [-0.25, -0.2) is 15.0 Å². The van der Waals surface area contributed by atoms with Gasteiger partial charge in [-0.1, -0.05) is 20.8 Å². The van der Waals surface area contributed by atoms with E-state index in [2.05, 4.69) is 69.8 Å². The van der Waals surface area contributed by atoms with Crippen molar-refractivity contribution in [2.24, 2.45) is 5.41 Å². The minimum atomic E-state index is 0.159. The van der Waals surface area contributed by atoms with Gasteiger partial charge in [-0.2, -0.15) is 4.98 Å². The first-order chi connectivity index (χ1) is 12.2. The summed E-state index contributed by atoms with van der Waals surface area (Å²) in [5.41, 5.74) is 2.12. The molecule has 26 heavy (non-hydrogen) atoms. The molecule has 0 saturated heterocycles. The van der Waals surface area contributed by atoms with Gasteiger partial charge in [0.25, 0.3) is 0 Å². The van der Waals surface area contributed by atoms with Crippen molar-refractivity contribution in [1.29, 1.82) is 0 Å². The highest BCUT2D eigenvalue weighted by molar-refractivity contribution is 5.79. The van der Waals surface area contributed by atoms with Crippen molar-refractivity contribution in [3.63, 3.8) is 0 Å². The van der Waals surface area contributed by atoms with Crippen molar-refractivity contribution >= 4 is 28.6 Å². The maximum atomic E-state index is 4.58. The van der Waals surface area contributed by atoms with Crippen molar-refractivity contribution in [3.8, 4) is 0 Å².